The van der Waals surface area contributed by atoms with E-state index in [-0.39, 0.29) is 17.9 Å². The van der Waals surface area contributed by atoms with E-state index >= 15 is 0 Å². The largest absolute Gasteiger partial charge is 0.467 e. The molecule has 1 aromatic rings. The van der Waals surface area contributed by atoms with Crippen molar-refractivity contribution in [3.63, 3.8) is 0 Å². The van der Waals surface area contributed by atoms with Crippen molar-refractivity contribution >= 4 is 11.8 Å². The lowest BCUT2D eigenvalue weighted by Crippen LogP contribution is -2.44. The molecular weight excluding hydrogens is 232 g/mol. The van der Waals surface area contributed by atoms with Crippen molar-refractivity contribution in [2.45, 2.75) is 38.8 Å². The topological polar surface area (TPSA) is 62.6 Å². The fraction of sp³-hybridized carbons (Fsp3) is 0.538. The highest BCUT2D eigenvalue weighted by Crippen LogP contribution is 2.21. The maximum atomic E-state index is 12.0. The van der Waals surface area contributed by atoms with Gasteiger partial charge >= 0.3 is 0 Å². The molecule has 1 aliphatic heterocycles. The molecule has 98 valence electrons. The maximum Gasteiger partial charge on any atom is 0.242 e. The van der Waals surface area contributed by atoms with Gasteiger partial charge in [0.1, 0.15) is 11.8 Å². The lowest BCUT2D eigenvalue weighted by molar-refractivity contribution is -0.136. The van der Waals surface area contributed by atoms with Gasteiger partial charge in [-0.05, 0) is 25.0 Å². The van der Waals surface area contributed by atoms with Gasteiger partial charge in [-0.2, -0.15) is 0 Å². The van der Waals surface area contributed by atoms with Crippen molar-refractivity contribution in [2.24, 2.45) is 0 Å². The number of nitrogens with zero attached hydrogens (tertiary/aromatic N) is 1. The fourth-order valence-electron chi connectivity index (χ4n) is 2.14. The number of nitrogens with one attached hydrogen (secondary N) is 1. The Kier molecular flexibility index (Phi) is 4.02. The standard InChI is InChI=1S/C13H18N2O3/c1-2-7-14-13(17)11-5-6-12(16)15(11)9-10-4-3-8-18-10/h3-4,8,11H,2,5-7,9H2,1H3,(H,14,17). The molecule has 0 bridgehead atoms. The highest BCUT2D eigenvalue weighted by molar-refractivity contribution is 5.90. The first-order valence-electron chi connectivity index (χ1n) is 6.32. The summed E-state index contributed by atoms with van der Waals surface area (Å²) in [4.78, 5) is 25.3. The number of likely N-dealkylation sites (tertiary alicyclic amines) is 1. The van der Waals surface area contributed by atoms with Gasteiger partial charge in [0.15, 0.2) is 0 Å². The predicted molar refractivity (Wildman–Crippen MR) is 65.6 cm³/mol. The number of carbonyl (C=O) groups excluding carboxylic acids is 2. The maximum absolute atomic E-state index is 12.0. The first kappa shape index (κ1) is 12.7. The van der Waals surface area contributed by atoms with Gasteiger partial charge in [0.05, 0.1) is 12.8 Å². The molecule has 0 saturated carbocycles. The van der Waals surface area contributed by atoms with E-state index in [0.717, 1.165) is 6.42 Å². The highest BCUT2D eigenvalue weighted by atomic mass is 16.3. The van der Waals surface area contributed by atoms with Crippen molar-refractivity contribution in [1.29, 1.82) is 0 Å². The smallest absolute Gasteiger partial charge is 0.242 e. The van der Waals surface area contributed by atoms with Crippen LogP contribution in [-0.2, 0) is 16.1 Å². The summed E-state index contributed by atoms with van der Waals surface area (Å²) in [7, 11) is 0. The van der Waals surface area contributed by atoms with Crippen LogP contribution < -0.4 is 5.32 Å². The molecule has 0 radical (unpaired) electrons. The molecule has 2 rings (SSSR count). The molecule has 1 saturated heterocycles. The monoisotopic (exact) mass is 250 g/mol. The van der Waals surface area contributed by atoms with Crippen LogP contribution in [0.5, 0.6) is 0 Å². The molecule has 1 fully saturated rings. The third-order valence-corrected chi connectivity index (χ3v) is 3.09. The van der Waals surface area contributed by atoms with Crippen LogP contribution in [0.25, 0.3) is 0 Å². The second-order valence-corrected chi connectivity index (χ2v) is 4.45. The molecule has 5 heteroatoms. The van der Waals surface area contributed by atoms with E-state index < -0.39 is 0 Å². The molecule has 2 amide bonds. The van der Waals surface area contributed by atoms with E-state index in [1.165, 1.54) is 0 Å². The predicted octanol–water partition coefficient (Wildman–Crippen LogP) is 1.30. The average Bonchev–Trinajstić information content (AvgIpc) is 2.98. The van der Waals surface area contributed by atoms with E-state index in [2.05, 4.69) is 5.32 Å². The Bertz CT molecular complexity index is 414. The zero-order valence-corrected chi connectivity index (χ0v) is 10.5. The summed E-state index contributed by atoms with van der Waals surface area (Å²) in [5.74, 6) is 0.663. The van der Waals surface area contributed by atoms with Gasteiger partial charge in [0.25, 0.3) is 0 Å². The van der Waals surface area contributed by atoms with Crippen LogP contribution in [0.3, 0.4) is 0 Å². The lowest BCUT2D eigenvalue weighted by Gasteiger charge is -2.22. The zero-order chi connectivity index (χ0) is 13.0. The number of rotatable bonds is 5. The quantitative estimate of drug-likeness (QED) is 0.856. The second kappa shape index (κ2) is 5.71. The zero-order valence-electron chi connectivity index (χ0n) is 10.5. The van der Waals surface area contributed by atoms with Crippen LogP contribution in [0.1, 0.15) is 31.9 Å². The molecule has 0 aromatic carbocycles. The SMILES string of the molecule is CCCNC(=O)C1CCC(=O)N1Cc1ccco1. The van der Waals surface area contributed by atoms with Gasteiger partial charge in [0.2, 0.25) is 11.8 Å². The summed E-state index contributed by atoms with van der Waals surface area (Å²) in [5, 5.41) is 2.84. The van der Waals surface area contributed by atoms with Crippen molar-refractivity contribution in [3.8, 4) is 0 Å². The molecule has 2 heterocycles. The number of amides is 2. The van der Waals surface area contributed by atoms with Crippen LogP contribution >= 0.6 is 0 Å². The van der Waals surface area contributed by atoms with E-state index in [0.29, 0.717) is 31.7 Å². The minimum absolute atomic E-state index is 0.0167. The first-order valence-corrected chi connectivity index (χ1v) is 6.32. The Labute approximate surface area is 106 Å². The summed E-state index contributed by atoms with van der Waals surface area (Å²) in [6.07, 6.45) is 3.49. The summed E-state index contributed by atoms with van der Waals surface area (Å²) in [6.45, 7) is 3.02. The van der Waals surface area contributed by atoms with Crippen LogP contribution in [0.15, 0.2) is 22.8 Å². The summed E-state index contributed by atoms with van der Waals surface area (Å²) < 4.78 is 5.23. The van der Waals surface area contributed by atoms with Gasteiger partial charge in [-0.15, -0.1) is 0 Å². The molecule has 0 spiro atoms. The van der Waals surface area contributed by atoms with Crippen LogP contribution in [0.4, 0.5) is 0 Å². The van der Waals surface area contributed by atoms with E-state index in [1.807, 2.05) is 13.0 Å². The van der Waals surface area contributed by atoms with Crippen molar-refractivity contribution in [2.75, 3.05) is 6.54 Å². The van der Waals surface area contributed by atoms with Crippen LogP contribution in [0, 0.1) is 0 Å². The van der Waals surface area contributed by atoms with E-state index in [9.17, 15) is 9.59 Å². The van der Waals surface area contributed by atoms with Crippen LogP contribution in [-0.4, -0.2) is 29.3 Å². The van der Waals surface area contributed by atoms with E-state index in [4.69, 9.17) is 4.42 Å². The Hall–Kier alpha value is -1.78. The number of hydrogen-bond acceptors (Lipinski definition) is 3. The van der Waals surface area contributed by atoms with Gasteiger partial charge in [-0.25, -0.2) is 0 Å². The van der Waals surface area contributed by atoms with Crippen molar-refractivity contribution in [3.05, 3.63) is 24.2 Å². The molecule has 18 heavy (non-hydrogen) atoms. The second-order valence-electron chi connectivity index (χ2n) is 4.45. The normalized spacial score (nSPS) is 19.3. The molecular formula is C13H18N2O3. The number of furan rings is 1. The lowest BCUT2D eigenvalue weighted by atomic mass is 10.2. The Morgan fingerprint density at radius 1 is 1.61 bits per heavy atom. The molecule has 1 aromatic heterocycles. The Morgan fingerprint density at radius 3 is 3.11 bits per heavy atom. The minimum atomic E-state index is -0.353. The van der Waals surface area contributed by atoms with Gasteiger partial charge in [-0.3, -0.25) is 9.59 Å². The first-order chi connectivity index (χ1) is 8.72. The van der Waals surface area contributed by atoms with Crippen molar-refractivity contribution in [1.82, 2.24) is 10.2 Å². The highest BCUT2D eigenvalue weighted by Gasteiger charge is 2.36. The third-order valence-electron chi connectivity index (χ3n) is 3.09. The number of hydrogen-bond donors (Lipinski definition) is 1. The summed E-state index contributed by atoms with van der Waals surface area (Å²) in [5.41, 5.74) is 0. The molecule has 1 aliphatic rings. The Balaban J connectivity index is 2.01. The molecule has 5 nitrogen and oxygen atoms in total. The summed E-state index contributed by atoms with van der Waals surface area (Å²) >= 11 is 0. The number of carbonyl (C=O) groups is 2. The molecule has 1 N–H and O–H groups in total. The summed E-state index contributed by atoms with van der Waals surface area (Å²) in [6, 6.07) is 3.24. The van der Waals surface area contributed by atoms with Gasteiger partial charge < -0.3 is 14.6 Å². The van der Waals surface area contributed by atoms with Crippen LogP contribution in [0.2, 0.25) is 0 Å². The molecule has 0 aliphatic carbocycles. The molecule has 1 unspecified atom stereocenters. The molecule has 1 atom stereocenters. The Morgan fingerprint density at radius 2 is 2.44 bits per heavy atom. The van der Waals surface area contributed by atoms with E-state index in [1.54, 1.807) is 17.2 Å². The average molecular weight is 250 g/mol. The third kappa shape index (κ3) is 2.72. The van der Waals surface area contributed by atoms with Crippen molar-refractivity contribution < 1.29 is 14.0 Å². The van der Waals surface area contributed by atoms with Gasteiger partial charge in [-0.1, -0.05) is 6.92 Å². The fourth-order valence-corrected chi connectivity index (χ4v) is 2.14. The van der Waals surface area contributed by atoms with Gasteiger partial charge in [0, 0.05) is 13.0 Å². The minimum Gasteiger partial charge on any atom is -0.467 e.